The Morgan fingerprint density at radius 1 is 1.10 bits per heavy atom. The molecular formula is C21H17F3N4OS. The van der Waals surface area contributed by atoms with Gasteiger partial charge < -0.3 is 15.5 Å². The zero-order chi connectivity index (χ0) is 21.3. The summed E-state index contributed by atoms with van der Waals surface area (Å²) in [6.07, 6.45) is 0.645. The van der Waals surface area contributed by atoms with E-state index in [9.17, 15) is 13.2 Å². The fourth-order valence-electron chi connectivity index (χ4n) is 2.92. The molecule has 1 atom stereocenters. The highest BCUT2D eigenvalue weighted by Crippen LogP contribution is 2.35. The van der Waals surface area contributed by atoms with Crippen molar-refractivity contribution in [2.24, 2.45) is 5.73 Å². The second-order valence-corrected chi connectivity index (χ2v) is 7.49. The summed E-state index contributed by atoms with van der Waals surface area (Å²) in [5.74, 6) is -2.81. The molecule has 5 nitrogen and oxygen atoms in total. The van der Waals surface area contributed by atoms with E-state index in [1.807, 2.05) is 24.4 Å². The van der Waals surface area contributed by atoms with Crippen molar-refractivity contribution in [2.45, 2.75) is 19.4 Å². The van der Waals surface area contributed by atoms with Crippen molar-refractivity contribution in [2.75, 3.05) is 5.32 Å². The predicted octanol–water partition coefficient (Wildman–Crippen LogP) is 5.57. The van der Waals surface area contributed by atoms with E-state index in [4.69, 9.17) is 10.2 Å². The second-order valence-electron chi connectivity index (χ2n) is 6.52. The molecule has 2 aromatic heterocycles. The normalized spacial score (nSPS) is 12.2. The number of hydrogen-bond donors (Lipinski definition) is 2. The average molecular weight is 430 g/mol. The molecule has 0 aliphatic carbocycles. The summed E-state index contributed by atoms with van der Waals surface area (Å²) in [6.45, 7) is 1.89. The summed E-state index contributed by atoms with van der Waals surface area (Å²) in [7, 11) is 0. The fraction of sp³-hybridized carbons (Fsp3) is 0.143. The summed E-state index contributed by atoms with van der Waals surface area (Å²) in [4.78, 5) is 0.812. The lowest BCUT2D eigenvalue weighted by molar-refractivity contribution is 0.484. The molecule has 30 heavy (non-hydrogen) atoms. The minimum absolute atomic E-state index is 0.00650. The Bertz CT molecular complexity index is 1180. The Hall–Kier alpha value is -3.17. The smallest absolute Gasteiger partial charge is 0.250 e. The van der Waals surface area contributed by atoms with Crippen molar-refractivity contribution in [3.63, 3.8) is 0 Å². The van der Waals surface area contributed by atoms with Crippen LogP contribution < -0.4 is 11.1 Å². The highest BCUT2D eigenvalue weighted by atomic mass is 32.1. The second kappa shape index (κ2) is 8.29. The first-order chi connectivity index (χ1) is 14.5. The van der Waals surface area contributed by atoms with Gasteiger partial charge in [0.25, 0.3) is 0 Å². The number of anilines is 2. The van der Waals surface area contributed by atoms with Crippen LogP contribution in [0.3, 0.4) is 0 Å². The number of nitrogens with one attached hydrogen (secondary N) is 1. The number of halogens is 3. The summed E-state index contributed by atoms with van der Waals surface area (Å²) in [5, 5.41) is 12.3. The first-order valence-electron chi connectivity index (χ1n) is 9.14. The van der Waals surface area contributed by atoms with Crippen LogP contribution in [-0.2, 0) is 6.42 Å². The lowest BCUT2D eigenvalue weighted by Crippen LogP contribution is -2.10. The summed E-state index contributed by atoms with van der Waals surface area (Å²) in [5.41, 5.74) is 6.68. The highest BCUT2D eigenvalue weighted by Gasteiger charge is 2.23. The minimum Gasteiger partial charge on any atom is -0.418 e. The van der Waals surface area contributed by atoms with Gasteiger partial charge >= 0.3 is 0 Å². The molecule has 2 aromatic carbocycles. The van der Waals surface area contributed by atoms with Gasteiger partial charge in [0, 0.05) is 4.88 Å². The molecule has 0 amide bonds. The van der Waals surface area contributed by atoms with Gasteiger partial charge in [-0.1, -0.05) is 19.1 Å². The Kier molecular flexibility index (Phi) is 5.56. The quantitative estimate of drug-likeness (QED) is 0.418. The fourth-order valence-corrected chi connectivity index (χ4v) is 3.64. The molecule has 1 unspecified atom stereocenters. The van der Waals surface area contributed by atoms with Crippen LogP contribution >= 0.6 is 11.3 Å². The summed E-state index contributed by atoms with van der Waals surface area (Å²) >= 11 is 1.43. The third-order valence-electron chi connectivity index (χ3n) is 4.58. The van der Waals surface area contributed by atoms with E-state index in [2.05, 4.69) is 15.5 Å². The minimum atomic E-state index is -1.19. The Morgan fingerprint density at radius 3 is 2.63 bits per heavy atom. The molecule has 4 aromatic rings. The molecule has 0 saturated heterocycles. The van der Waals surface area contributed by atoms with Gasteiger partial charge in [-0.05, 0) is 47.7 Å². The van der Waals surface area contributed by atoms with Gasteiger partial charge in [0.2, 0.25) is 11.8 Å². The molecule has 154 valence electrons. The zero-order valence-corrected chi connectivity index (χ0v) is 16.6. The van der Waals surface area contributed by atoms with Crippen molar-refractivity contribution in [3.05, 3.63) is 81.6 Å². The number of thiophene rings is 1. The molecule has 0 aliphatic heterocycles. The Balaban J connectivity index is 1.72. The van der Waals surface area contributed by atoms with Gasteiger partial charge in [0.1, 0.15) is 11.9 Å². The van der Waals surface area contributed by atoms with Gasteiger partial charge in [-0.25, -0.2) is 13.2 Å². The summed E-state index contributed by atoms with van der Waals surface area (Å²) in [6, 6.07) is 9.75. The highest BCUT2D eigenvalue weighted by molar-refractivity contribution is 7.10. The van der Waals surface area contributed by atoms with E-state index < -0.39 is 23.5 Å². The van der Waals surface area contributed by atoms with Crippen LogP contribution in [0.1, 0.15) is 29.3 Å². The zero-order valence-electron chi connectivity index (χ0n) is 15.8. The van der Waals surface area contributed by atoms with Crippen molar-refractivity contribution in [1.82, 2.24) is 10.2 Å². The molecule has 9 heteroatoms. The third kappa shape index (κ3) is 3.81. The standard InChI is InChI=1S/C21H17F3N4OS/c1-2-11-5-8-15(14(23)10-11)26-19-12(6-7-13(22)17(19)24)20-27-28-21(29-20)18(25)16-4-3-9-30-16/h3-10,18,26H,2,25H2,1H3. The van der Waals surface area contributed by atoms with Gasteiger partial charge in [0.15, 0.2) is 11.6 Å². The molecule has 0 fully saturated rings. The van der Waals surface area contributed by atoms with E-state index in [-0.39, 0.29) is 28.7 Å². The number of aromatic nitrogens is 2. The molecular weight excluding hydrogens is 413 g/mol. The van der Waals surface area contributed by atoms with Crippen LogP contribution in [0.25, 0.3) is 11.5 Å². The van der Waals surface area contributed by atoms with Crippen molar-refractivity contribution in [3.8, 4) is 11.5 Å². The lowest BCUT2D eigenvalue weighted by atomic mass is 10.1. The lowest BCUT2D eigenvalue weighted by Gasteiger charge is -2.13. The largest absolute Gasteiger partial charge is 0.418 e. The van der Waals surface area contributed by atoms with E-state index in [1.165, 1.54) is 29.5 Å². The topological polar surface area (TPSA) is 77.0 Å². The predicted molar refractivity (Wildman–Crippen MR) is 109 cm³/mol. The Labute approximate surface area is 174 Å². The maximum atomic E-state index is 14.6. The van der Waals surface area contributed by atoms with Gasteiger partial charge in [0.05, 0.1) is 16.9 Å². The molecule has 4 rings (SSSR count). The van der Waals surface area contributed by atoms with Crippen LogP contribution in [-0.4, -0.2) is 10.2 Å². The maximum Gasteiger partial charge on any atom is 0.250 e. The van der Waals surface area contributed by atoms with Crippen molar-refractivity contribution < 1.29 is 17.6 Å². The number of aryl methyl sites for hydroxylation is 1. The molecule has 0 saturated carbocycles. The van der Waals surface area contributed by atoms with Crippen molar-refractivity contribution >= 4 is 22.7 Å². The monoisotopic (exact) mass is 430 g/mol. The van der Waals surface area contributed by atoms with E-state index in [0.717, 1.165) is 16.5 Å². The van der Waals surface area contributed by atoms with Crippen molar-refractivity contribution in [1.29, 1.82) is 0 Å². The van der Waals surface area contributed by atoms with E-state index in [0.29, 0.717) is 6.42 Å². The van der Waals surface area contributed by atoms with Crippen LogP contribution in [0.2, 0.25) is 0 Å². The van der Waals surface area contributed by atoms with Crippen LogP contribution in [0, 0.1) is 17.5 Å². The van der Waals surface area contributed by atoms with E-state index >= 15 is 0 Å². The number of nitrogens with zero attached hydrogens (tertiary/aromatic N) is 2. The number of nitrogens with two attached hydrogens (primary N) is 1. The number of hydrogen-bond acceptors (Lipinski definition) is 6. The van der Waals surface area contributed by atoms with Crippen LogP contribution in [0.4, 0.5) is 24.5 Å². The average Bonchev–Trinajstić information content (AvgIpc) is 3.44. The molecule has 2 heterocycles. The molecule has 0 bridgehead atoms. The van der Waals surface area contributed by atoms with Gasteiger partial charge in [-0.3, -0.25) is 0 Å². The third-order valence-corrected chi connectivity index (χ3v) is 5.54. The number of benzene rings is 2. The van der Waals surface area contributed by atoms with E-state index in [1.54, 1.807) is 6.07 Å². The first-order valence-corrected chi connectivity index (χ1v) is 10.0. The molecule has 0 spiro atoms. The van der Waals surface area contributed by atoms with Gasteiger partial charge in [-0.15, -0.1) is 21.5 Å². The molecule has 0 radical (unpaired) electrons. The van der Waals surface area contributed by atoms with Crippen LogP contribution in [0.5, 0.6) is 0 Å². The first kappa shape index (κ1) is 20.1. The summed E-state index contributed by atoms with van der Waals surface area (Å²) < 4.78 is 48.6. The van der Waals surface area contributed by atoms with Gasteiger partial charge in [-0.2, -0.15) is 0 Å². The molecule has 0 aliphatic rings. The Morgan fingerprint density at radius 2 is 1.93 bits per heavy atom. The maximum absolute atomic E-state index is 14.6. The SMILES string of the molecule is CCc1ccc(Nc2c(-c3nnc(C(N)c4cccs4)o3)ccc(F)c2F)c(F)c1. The van der Waals surface area contributed by atoms with Crippen LogP contribution in [0.15, 0.2) is 52.3 Å². The number of rotatable bonds is 6. The molecule has 3 N–H and O–H groups in total.